The van der Waals surface area contributed by atoms with Gasteiger partial charge >= 0.3 is 5.97 Å². The van der Waals surface area contributed by atoms with Crippen molar-refractivity contribution in [2.75, 3.05) is 18.2 Å². The highest BCUT2D eigenvalue weighted by Crippen LogP contribution is 2.47. The van der Waals surface area contributed by atoms with Gasteiger partial charge in [0.1, 0.15) is 5.92 Å². The number of anilines is 1. The van der Waals surface area contributed by atoms with E-state index in [1.54, 1.807) is 36.0 Å². The number of ether oxygens (including phenoxy) is 1. The molecule has 1 aromatic rings. The minimum absolute atomic E-state index is 0.0286. The number of nitrogens with one attached hydrogen (secondary N) is 1. The molecule has 0 spiro atoms. The van der Waals surface area contributed by atoms with Gasteiger partial charge in [0, 0.05) is 0 Å². The van der Waals surface area contributed by atoms with E-state index in [0.29, 0.717) is 10.9 Å². The molecule has 4 rings (SSSR count). The molecule has 0 saturated carbocycles. The number of para-hydroxylation sites is 1. The third kappa shape index (κ3) is 4.16. The predicted molar refractivity (Wildman–Crippen MR) is 115 cm³/mol. The second kappa shape index (κ2) is 8.54. The monoisotopic (exact) mass is 429 g/mol. The Morgan fingerprint density at radius 2 is 2.03 bits per heavy atom. The van der Waals surface area contributed by atoms with Crippen LogP contribution in [0.2, 0.25) is 0 Å². The maximum absolute atomic E-state index is 12.5. The van der Waals surface area contributed by atoms with Gasteiger partial charge in [0.15, 0.2) is 5.17 Å². The average molecular weight is 430 g/mol. The van der Waals surface area contributed by atoms with Crippen molar-refractivity contribution in [2.45, 2.75) is 25.7 Å². The van der Waals surface area contributed by atoms with Crippen LogP contribution < -0.4 is 5.32 Å². The van der Waals surface area contributed by atoms with Gasteiger partial charge in [-0.2, -0.15) is 4.99 Å². The molecule has 1 aliphatic carbocycles. The summed E-state index contributed by atoms with van der Waals surface area (Å²) < 4.78 is 4.73. The summed E-state index contributed by atoms with van der Waals surface area (Å²) in [6.07, 6.45) is 4.20. The Morgan fingerprint density at radius 3 is 2.86 bits per heavy atom. The molecular formula is C20H19N3O4S2. The van der Waals surface area contributed by atoms with Crippen LogP contribution >= 0.6 is 23.5 Å². The van der Waals surface area contributed by atoms with Crippen molar-refractivity contribution < 1.29 is 19.1 Å². The van der Waals surface area contributed by atoms with Crippen molar-refractivity contribution in [3.8, 4) is 0 Å². The van der Waals surface area contributed by atoms with Crippen molar-refractivity contribution in [1.29, 1.82) is 0 Å². The zero-order chi connectivity index (χ0) is 20.4. The fourth-order valence-electron chi connectivity index (χ4n) is 3.54. The number of amides is 2. The third-order valence-corrected chi connectivity index (χ3v) is 6.97. The SMILES string of the molecule is COC(=O)c1ccccc1NC(=O)CSC1=NC(=O)C2C(=N1)SC1=C2CCCC1. The molecule has 0 fully saturated rings. The molecule has 29 heavy (non-hydrogen) atoms. The van der Waals surface area contributed by atoms with Gasteiger partial charge in [-0.05, 0) is 48.3 Å². The molecule has 0 radical (unpaired) electrons. The fourth-order valence-corrected chi connectivity index (χ4v) is 5.59. The minimum Gasteiger partial charge on any atom is -0.465 e. The van der Waals surface area contributed by atoms with Crippen LogP contribution in [0, 0.1) is 5.92 Å². The van der Waals surface area contributed by atoms with Crippen LogP contribution in [0.4, 0.5) is 5.69 Å². The summed E-state index contributed by atoms with van der Waals surface area (Å²) in [7, 11) is 1.29. The molecule has 150 valence electrons. The Bertz CT molecular complexity index is 984. The highest BCUT2D eigenvalue weighted by molar-refractivity contribution is 8.18. The highest BCUT2D eigenvalue weighted by atomic mass is 32.2. The summed E-state index contributed by atoms with van der Waals surface area (Å²) in [5.41, 5.74) is 1.84. The van der Waals surface area contributed by atoms with Gasteiger partial charge in [-0.15, -0.1) is 0 Å². The number of carbonyl (C=O) groups excluding carboxylic acids is 3. The first-order chi connectivity index (χ1) is 14.1. The number of aliphatic imine (C=N–C) groups is 2. The number of esters is 1. The molecule has 1 atom stereocenters. The van der Waals surface area contributed by atoms with Gasteiger partial charge in [0.05, 0.1) is 29.2 Å². The Labute approximate surface area is 176 Å². The van der Waals surface area contributed by atoms with Crippen LogP contribution in [0.15, 0.2) is 44.7 Å². The van der Waals surface area contributed by atoms with E-state index < -0.39 is 5.97 Å². The molecule has 9 heteroatoms. The van der Waals surface area contributed by atoms with Crippen LogP contribution in [0.3, 0.4) is 0 Å². The lowest BCUT2D eigenvalue weighted by Gasteiger charge is -2.18. The zero-order valence-corrected chi connectivity index (χ0v) is 17.4. The van der Waals surface area contributed by atoms with E-state index in [-0.39, 0.29) is 29.0 Å². The number of carbonyl (C=O) groups is 3. The van der Waals surface area contributed by atoms with Crippen LogP contribution in [0.5, 0.6) is 0 Å². The number of amidine groups is 1. The van der Waals surface area contributed by atoms with Crippen molar-refractivity contribution in [3.63, 3.8) is 0 Å². The molecular weight excluding hydrogens is 410 g/mol. The van der Waals surface area contributed by atoms with E-state index in [1.807, 2.05) is 0 Å². The van der Waals surface area contributed by atoms with Crippen molar-refractivity contribution in [2.24, 2.45) is 15.9 Å². The quantitative estimate of drug-likeness (QED) is 0.734. The van der Waals surface area contributed by atoms with Gasteiger partial charge in [-0.25, -0.2) is 9.79 Å². The van der Waals surface area contributed by atoms with Crippen LogP contribution in [0.25, 0.3) is 0 Å². The van der Waals surface area contributed by atoms with Crippen molar-refractivity contribution >= 4 is 57.2 Å². The molecule has 2 heterocycles. The molecule has 1 N–H and O–H groups in total. The Balaban J connectivity index is 1.39. The largest absolute Gasteiger partial charge is 0.465 e. The van der Waals surface area contributed by atoms with E-state index in [1.165, 1.54) is 17.6 Å². The number of methoxy groups -OCH3 is 1. The summed E-state index contributed by atoms with van der Waals surface area (Å²) in [5.74, 6) is -1.31. The molecule has 2 aliphatic heterocycles. The van der Waals surface area contributed by atoms with Gasteiger partial charge in [-0.1, -0.05) is 35.7 Å². The smallest absolute Gasteiger partial charge is 0.339 e. The first-order valence-corrected chi connectivity index (χ1v) is 11.1. The second-order valence-electron chi connectivity index (χ2n) is 6.75. The molecule has 2 amide bonds. The maximum Gasteiger partial charge on any atom is 0.339 e. The van der Waals surface area contributed by atoms with E-state index in [9.17, 15) is 14.4 Å². The third-order valence-electron chi connectivity index (χ3n) is 4.88. The zero-order valence-electron chi connectivity index (χ0n) is 15.8. The normalized spacial score (nSPS) is 20.4. The lowest BCUT2D eigenvalue weighted by molar-refractivity contribution is -0.119. The number of nitrogens with zero attached hydrogens (tertiary/aromatic N) is 2. The fraction of sp³-hybridized carbons (Fsp3) is 0.350. The van der Waals surface area contributed by atoms with Gasteiger partial charge in [0.2, 0.25) is 5.91 Å². The molecule has 7 nitrogen and oxygen atoms in total. The van der Waals surface area contributed by atoms with E-state index >= 15 is 0 Å². The van der Waals surface area contributed by atoms with Gasteiger partial charge < -0.3 is 10.1 Å². The molecule has 0 saturated heterocycles. The number of fused-ring (bicyclic) bond motifs is 2. The lowest BCUT2D eigenvalue weighted by Crippen LogP contribution is -2.25. The first-order valence-electron chi connectivity index (χ1n) is 9.27. The van der Waals surface area contributed by atoms with Crippen molar-refractivity contribution in [1.82, 2.24) is 0 Å². The highest BCUT2D eigenvalue weighted by Gasteiger charge is 2.40. The van der Waals surface area contributed by atoms with Crippen LogP contribution in [0.1, 0.15) is 36.0 Å². The predicted octanol–water partition coefficient (Wildman–Crippen LogP) is 3.63. The molecule has 1 unspecified atom stereocenters. The topological polar surface area (TPSA) is 97.2 Å². The van der Waals surface area contributed by atoms with Crippen LogP contribution in [-0.4, -0.2) is 40.9 Å². The summed E-state index contributed by atoms with van der Waals surface area (Å²) in [6, 6.07) is 6.62. The Hall–Kier alpha value is -2.39. The summed E-state index contributed by atoms with van der Waals surface area (Å²) in [4.78, 5) is 46.6. The molecule has 3 aliphatic rings. The number of hydrogen-bond donors (Lipinski definition) is 1. The number of rotatable bonds is 4. The summed E-state index contributed by atoms with van der Waals surface area (Å²) in [5, 5.41) is 3.80. The van der Waals surface area contributed by atoms with E-state index in [2.05, 4.69) is 15.3 Å². The second-order valence-corrected chi connectivity index (χ2v) is 8.80. The molecule has 1 aromatic carbocycles. The number of allylic oxidation sites excluding steroid dienone is 1. The number of thioether (sulfide) groups is 2. The average Bonchev–Trinajstić information content (AvgIpc) is 3.11. The van der Waals surface area contributed by atoms with Crippen molar-refractivity contribution in [3.05, 3.63) is 40.3 Å². The number of hydrogen-bond acceptors (Lipinski definition) is 7. The minimum atomic E-state index is -0.525. The first kappa shape index (κ1) is 19.9. The van der Waals surface area contributed by atoms with Crippen LogP contribution in [-0.2, 0) is 14.3 Å². The number of benzene rings is 1. The van der Waals surface area contributed by atoms with Gasteiger partial charge in [-0.3, -0.25) is 9.59 Å². The Morgan fingerprint density at radius 1 is 1.24 bits per heavy atom. The van der Waals surface area contributed by atoms with E-state index in [4.69, 9.17) is 4.74 Å². The van der Waals surface area contributed by atoms with Gasteiger partial charge in [0.25, 0.3) is 5.91 Å². The maximum atomic E-state index is 12.5. The van der Waals surface area contributed by atoms with E-state index in [0.717, 1.165) is 42.5 Å². The molecule has 0 aromatic heterocycles. The molecule has 0 bridgehead atoms. The lowest BCUT2D eigenvalue weighted by atomic mass is 9.89. The summed E-state index contributed by atoms with van der Waals surface area (Å²) >= 11 is 2.71. The summed E-state index contributed by atoms with van der Waals surface area (Å²) in [6.45, 7) is 0. The standard InChI is InChI=1S/C20H19N3O4S2/c1-27-19(26)11-6-2-4-8-13(11)21-15(24)10-28-20-22-17(25)16-12-7-3-5-9-14(12)29-18(16)23-20/h2,4,6,8,16H,3,5,7,9-10H2,1H3,(H,21,24). The Kier molecular flexibility index (Phi) is 5.86.